The maximum Gasteiger partial charge on any atom is 0.0897 e. The molecule has 0 spiro atoms. The molecule has 0 aromatic heterocycles. The van der Waals surface area contributed by atoms with Crippen LogP contribution in [0.3, 0.4) is 0 Å². The van der Waals surface area contributed by atoms with E-state index in [0.717, 1.165) is 6.54 Å². The van der Waals surface area contributed by atoms with Gasteiger partial charge in [0.1, 0.15) is 0 Å². The summed E-state index contributed by atoms with van der Waals surface area (Å²) in [6.45, 7) is 4.78. The van der Waals surface area contributed by atoms with Gasteiger partial charge in [0.15, 0.2) is 0 Å². The van der Waals surface area contributed by atoms with Crippen LogP contribution in [0, 0.1) is 6.92 Å². The summed E-state index contributed by atoms with van der Waals surface area (Å²) in [4.78, 5) is 0. The third kappa shape index (κ3) is 6.71. The number of aryl methyl sites for hydroxylation is 1. The van der Waals surface area contributed by atoms with E-state index < -0.39 is 6.10 Å². The molecule has 1 unspecified atom stereocenters. The Balaban J connectivity index is 2.09. The molecule has 18 heavy (non-hydrogen) atoms. The summed E-state index contributed by atoms with van der Waals surface area (Å²) in [6.07, 6.45) is -0.480. The van der Waals surface area contributed by atoms with Crippen molar-refractivity contribution < 1.29 is 14.6 Å². The molecule has 2 N–H and O–H groups in total. The maximum absolute atomic E-state index is 9.65. The van der Waals surface area contributed by atoms with Gasteiger partial charge < -0.3 is 19.9 Å². The number of ether oxygens (including phenoxy) is 2. The molecule has 0 saturated heterocycles. The van der Waals surface area contributed by atoms with E-state index in [-0.39, 0.29) is 0 Å². The highest BCUT2D eigenvalue weighted by Gasteiger charge is 2.03. The lowest BCUT2D eigenvalue weighted by Gasteiger charge is -2.12. The SMILES string of the molecule is COCCOCC(O)CNCc1cccc(C)c1. The smallest absolute Gasteiger partial charge is 0.0897 e. The number of benzene rings is 1. The summed E-state index contributed by atoms with van der Waals surface area (Å²) in [5, 5.41) is 12.9. The minimum absolute atomic E-state index is 0.337. The lowest BCUT2D eigenvalue weighted by Crippen LogP contribution is -2.30. The Morgan fingerprint density at radius 3 is 2.89 bits per heavy atom. The zero-order valence-corrected chi connectivity index (χ0v) is 11.2. The number of rotatable bonds is 9. The van der Waals surface area contributed by atoms with Gasteiger partial charge in [0.2, 0.25) is 0 Å². The molecule has 0 aliphatic heterocycles. The first-order valence-corrected chi connectivity index (χ1v) is 6.23. The summed E-state index contributed by atoms with van der Waals surface area (Å²) in [7, 11) is 1.63. The van der Waals surface area contributed by atoms with Crippen molar-refractivity contribution in [3.05, 3.63) is 35.4 Å². The van der Waals surface area contributed by atoms with Crippen molar-refractivity contribution in [2.75, 3.05) is 33.5 Å². The van der Waals surface area contributed by atoms with E-state index >= 15 is 0 Å². The number of aliphatic hydroxyl groups excluding tert-OH is 1. The van der Waals surface area contributed by atoms with E-state index in [1.165, 1.54) is 11.1 Å². The van der Waals surface area contributed by atoms with Gasteiger partial charge in [0.05, 0.1) is 25.9 Å². The van der Waals surface area contributed by atoms with E-state index in [1.807, 2.05) is 6.07 Å². The molecule has 0 aliphatic rings. The first kappa shape index (κ1) is 15.1. The van der Waals surface area contributed by atoms with Crippen LogP contribution in [0.5, 0.6) is 0 Å². The second-order valence-electron chi connectivity index (χ2n) is 4.34. The van der Waals surface area contributed by atoms with Crippen molar-refractivity contribution in [1.29, 1.82) is 0 Å². The maximum atomic E-state index is 9.65. The first-order valence-electron chi connectivity index (χ1n) is 6.23. The van der Waals surface area contributed by atoms with Crippen LogP contribution in [-0.4, -0.2) is 44.7 Å². The van der Waals surface area contributed by atoms with E-state index in [2.05, 4.69) is 30.4 Å². The minimum Gasteiger partial charge on any atom is -0.389 e. The molecule has 1 atom stereocenters. The van der Waals surface area contributed by atoms with Crippen molar-refractivity contribution in [3.63, 3.8) is 0 Å². The predicted octanol–water partition coefficient (Wildman–Crippen LogP) is 1.11. The molecule has 0 fully saturated rings. The third-order valence-corrected chi connectivity index (χ3v) is 2.53. The van der Waals surface area contributed by atoms with E-state index in [1.54, 1.807) is 7.11 Å². The van der Waals surface area contributed by atoms with Crippen LogP contribution in [-0.2, 0) is 16.0 Å². The molecule has 0 bridgehead atoms. The zero-order valence-electron chi connectivity index (χ0n) is 11.2. The molecular formula is C14H23NO3. The van der Waals surface area contributed by atoms with Gasteiger partial charge in [-0.15, -0.1) is 0 Å². The molecular weight excluding hydrogens is 230 g/mol. The van der Waals surface area contributed by atoms with Gasteiger partial charge in [-0.05, 0) is 12.5 Å². The van der Waals surface area contributed by atoms with Gasteiger partial charge in [0.25, 0.3) is 0 Å². The summed E-state index contributed by atoms with van der Waals surface area (Å²) < 4.78 is 10.1. The largest absolute Gasteiger partial charge is 0.389 e. The Hall–Kier alpha value is -0.940. The second kappa shape index (κ2) is 9.05. The van der Waals surface area contributed by atoms with Crippen LogP contribution in [0.15, 0.2) is 24.3 Å². The summed E-state index contributed by atoms with van der Waals surface area (Å²) in [6, 6.07) is 8.31. The van der Waals surface area contributed by atoms with Crippen molar-refractivity contribution in [2.45, 2.75) is 19.6 Å². The summed E-state index contributed by atoms with van der Waals surface area (Å²) >= 11 is 0. The fourth-order valence-electron chi connectivity index (χ4n) is 1.63. The average molecular weight is 253 g/mol. The standard InChI is InChI=1S/C14H23NO3/c1-12-4-3-5-13(8-12)9-15-10-14(16)11-18-7-6-17-2/h3-5,8,14-16H,6-7,9-11H2,1-2H3. The third-order valence-electron chi connectivity index (χ3n) is 2.53. The Bertz CT molecular complexity index is 331. The number of hydrogen-bond acceptors (Lipinski definition) is 4. The van der Waals surface area contributed by atoms with Crippen molar-refractivity contribution in [2.24, 2.45) is 0 Å². The van der Waals surface area contributed by atoms with Crippen LogP contribution in [0.4, 0.5) is 0 Å². The lowest BCUT2D eigenvalue weighted by molar-refractivity contribution is 0.0137. The van der Waals surface area contributed by atoms with Gasteiger partial charge >= 0.3 is 0 Å². The molecule has 1 aromatic rings. The van der Waals surface area contributed by atoms with Crippen LogP contribution >= 0.6 is 0 Å². The number of nitrogens with one attached hydrogen (secondary N) is 1. The molecule has 102 valence electrons. The van der Waals surface area contributed by atoms with Gasteiger partial charge in [-0.1, -0.05) is 29.8 Å². The van der Waals surface area contributed by atoms with Crippen LogP contribution < -0.4 is 5.32 Å². The number of hydrogen-bond donors (Lipinski definition) is 2. The van der Waals surface area contributed by atoms with Crippen molar-refractivity contribution in [3.8, 4) is 0 Å². The zero-order chi connectivity index (χ0) is 13.2. The predicted molar refractivity (Wildman–Crippen MR) is 71.6 cm³/mol. The molecule has 0 saturated carbocycles. The fraction of sp³-hybridized carbons (Fsp3) is 0.571. The topological polar surface area (TPSA) is 50.7 Å². The summed E-state index contributed by atoms with van der Waals surface area (Å²) in [5.74, 6) is 0. The van der Waals surface area contributed by atoms with Gasteiger partial charge in [-0.25, -0.2) is 0 Å². The molecule has 0 amide bonds. The van der Waals surface area contributed by atoms with Crippen LogP contribution in [0.25, 0.3) is 0 Å². The van der Waals surface area contributed by atoms with Crippen molar-refractivity contribution in [1.82, 2.24) is 5.32 Å². The monoisotopic (exact) mass is 253 g/mol. The summed E-state index contributed by atoms with van der Waals surface area (Å²) in [5.41, 5.74) is 2.47. The quantitative estimate of drug-likeness (QED) is 0.647. The van der Waals surface area contributed by atoms with Gasteiger partial charge in [-0.2, -0.15) is 0 Å². The molecule has 0 heterocycles. The van der Waals surface area contributed by atoms with E-state index in [4.69, 9.17) is 9.47 Å². The molecule has 0 radical (unpaired) electrons. The van der Waals surface area contributed by atoms with E-state index in [0.29, 0.717) is 26.4 Å². The molecule has 1 rings (SSSR count). The lowest BCUT2D eigenvalue weighted by atomic mass is 10.1. The normalized spacial score (nSPS) is 12.6. The number of methoxy groups -OCH3 is 1. The van der Waals surface area contributed by atoms with Gasteiger partial charge in [0, 0.05) is 20.2 Å². The molecule has 0 aliphatic carbocycles. The highest BCUT2D eigenvalue weighted by Crippen LogP contribution is 2.03. The van der Waals surface area contributed by atoms with Gasteiger partial charge in [-0.3, -0.25) is 0 Å². The van der Waals surface area contributed by atoms with Crippen LogP contribution in [0.1, 0.15) is 11.1 Å². The highest BCUT2D eigenvalue weighted by atomic mass is 16.5. The minimum atomic E-state index is -0.480. The molecule has 4 heteroatoms. The first-order chi connectivity index (χ1) is 8.72. The van der Waals surface area contributed by atoms with E-state index in [9.17, 15) is 5.11 Å². The Morgan fingerprint density at radius 2 is 2.17 bits per heavy atom. The van der Waals surface area contributed by atoms with Crippen molar-refractivity contribution >= 4 is 0 Å². The Kier molecular flexibility index (Phi) is 7.60. The molecule has 4 nitrogen and oxygen atoms in total. The Morgan fingerprint density at radius 1 is 1.33 bits per heavy atom. The average Bonchev–Trinajstić information content (AvgIpc) is 2.35. The second-order valence-corrected chi connectivity index (χ2v) is 4.34. The number of aliphatic hydroxyl groups is 1. The van der Waals surface area contributed by atoms with Crippen LogP contribution in [0.2, 0.25) is 0 Å². The highest BCUT2D eigenvalue weighted by molar-refractivity contribution is 5.21. The Labute approximate surface area is 109 Å². The fourth-order valence-corrected chi connectivity index (χ4v) is 1.63. The molecule has 1 aromatic carbocycles.